The molecular formula is C10H22N4O. The smallest absolute Gasteiger partial charge is 0.219 e. The van der Waals surface area contributed by atoms with E-state index in [-0.39, 0.29) is 11.9 Å². The van der Waals surface area contributed by atoms with E-state index in [0.29, 0.717) is 13.0 Å². The number of primary amides is 1. The van der Waals surface area contributed by atoms with E-state index in [9.17, 15) is 4.79 Å². The van der Waals surface area contributed by atoms with Gasteiger partial charge < -0.3 is 16.4 Å². The van der Waals surface area contributed by atoms with E-state index in [4.69, 9.17) is 11.5 Å². The molecule has 0 saturated carbocycles. The van der Waals surface area contributed by atoms with Gasteiger partial charge in [-0.1, -0.05) is 6.92 Å². The molecule has 1 fully saturated rings. The summed E-state index contributed by atoms with van der Waals surface area (Å²) in [7, 11) is 0. The topological polar surface area (TPSA) is 75.6 Å². The van der Waals surface area contributed by atoms with Crippen LogP contribution < -0.4 is 11.5 Å². The molecule has 5 nitrogen and oxygen atoms in total. The number of hydrogen-bond acceptors (Lipinski definition) is 4. The number of piperazine rings is 1. The van der Waals surface area contributed by atoms with Crippen LogP contribution in [0.1, 0.15) is 13.3 Å². The fourth-order valence-corrected chi connectivity index (χ4v) is 2.04. The quantitative estimate of drug-likeness (QED) is 0.604. The van der Waals surface area contributed by atoms with Gasteiger partial charge in [-0.25, -0.2) is 0 Å². The minimum absolute atomic E-state index is 0.126. The number of rotatable bonds is 5. The lowest BCUT2D eigenvalue weighted by Crippen LogP contribution is -2.53. The number of nitrogens with zero attached hydrogens (tertiary/aromatic N) is 2. The van der Waals surface area contributed by atoms with Crippen molar-refractivity contribution in [1.29, 1.82) is 0 Å². The third kappa shape index (κ3) is 3.77. The summed E-state index contributed by atoms with van der Waals surface area (Å²) in [6.07, 6.45) is 0.378. The average molecular weight is 214 g/mol. The number of likely N-dealkylation sites (N-methyl/N-ethyl adjacent to an activating group) is 1. The van der Waals surface area contributed by atoms with Crippen LogP contribution in [0.15, 0.2) is 0 Å². The van der Waals surface area contributed by atoms with Gasteiger partial charge in [0.2, 0.25) is 5.91 Å². The van der Waals surface area contributed by atoms with Gasteiger partial charge in [0.05, 0.1) is 0 Å². The summed E-state index contributed by atoms with van der Waals surface area (Å²) in [6.45, 7) is 7.87. The van der Waals surface area contributed by atoms with Crippen LogP contribution in [0.4, 0.5) is 0 Å². The molecule has 0 aromatic heterocycles. The first-order valence-electron chi connectivity index (χ1n) is 5.62. The lowest BCUT2D eigenvalue weighted by molar-refractivity contribution is -0.119. The van der Waals surface area contributed by atoms with E-state index in [0.717, 1.165) is 32.7 Å². The second-order valence-corrected chi connectivity index (χ2v) is 4.03. The van der Waals surface area contributed by atoms with Gasteiger partial charge in [0.15, 0.2) is 0 Å². The third-order valence-corrected chi connectivity index (χ3v) is 3.08. The summed E-state index contributed by atoms with van der Waals surface area (Å²) >= 11 is 0. The van der Waals surface area contributed by atoms with Gasteiger partial charge >= 0.3 is 0 Å². The maximum Gasteiger partial charge on any atom is 0.219 e. The number of nitrogens with two attached hydrogens (primary N) is 2. The van der Waals surface area contributed by atoms with Crippen LogP contribution in [0, 0.1) is 0 Å². The molecule has 1 aliphatic heterocycles. The van der Waals surface area contributed by atoms with Crippen molar-refractivity contribution in [2.24, 2.45) is 11.5 Å². The van der Waals surface area contributed by atoms with Crippen molar-refractivity contribution in [2.75, 3.05) is 39.3 Å². The van der Waals surface area contributed by atoms with Crippen molar-refractivity contribution in [1.82, 2.24) is 9.80 Å². The van der Waals surface area contributed by atoms with Crippen molar-refractivity contribution in [3.05, 3.63) is 0 Å². The van der Waals surface area contributed by atoms with E-state index in [1.54, 1.807) is 0 Å². The van der Waals surface area contributed by atoms with Gasteiger partial charge in [0.25, 0.3) is 0 Å². The van der Waals surface area contributed by atoms with E-state index >= 15 is 0 Å². The summed E-state index contributed by atoms with van der Waals surface area (Å²) in [5.74, 6) is -0.261. The Bertz CT molecular complexity index is 202. The van der Waals surface area contributed by atoms with Crippen molar-refractivity contribution in [2.45, 2.75) is 19.4 Å². The van der Waals surface area contributed by atoms with Crippen LogP contribution in [0.25, 0.3) is 0 Å². The highest BCUT2D eigenvalue weighted by Crippen LogP contribution is 2.08. The van der Waals surface area contributed by atoms with Crippen molar-refractivity contribution >= 4 is 5.91 Å². The Morgan fingerprint density at radius 2 is 1.93 bits per heavy atom. The first-order chi connectivity index (χ1) is 7.17. The fourth-order valence-electron chi connectivity index (χ4n) is 2.04. The monoisotopic (exact) mass is 214 g/mol. The van der Waals surface area contributed by atoms with Crippen molar-refractivity contribution < 1.29 is 4.79 Å². The van der Waals surface area contributed by atoms with Crippen molar-refractivity contribution in [3.8, 4) is 0 Å². The standard InChI is InChI=1S/C10H22N4O/c1-2-13-3-5-14(6-4-13)9(8-11)7-10(12)15/h9H,2-8,11H2,1H3,(H2,12,15). The van der Waals surface area contributed by atoms with Gasteiger partial charge in [-0.3, -0.25) is 9.69 Å². The minimum atomic E-state index is -0.261. The van der Waals surface area contributed by atoms with E-state index in [1.165, 1.54) is 0 Å². The summed E-state index contributed by atoms with van der Waals surface area (Å²) in [4.78, 5) is 15.5. The molecule has 1 saturated heterocycles. The Balaban J connectivity index is 2.39. The highest BCUT2D eigenvalue weighted by Gasteiger charge is 2.23. The summed E-state index contributed by atoms with van der Waals surface area (Å²) in [5.41, 5.74) is 10.9. The van der Waals surface area contributed by atoms with E-state index in [1.807, 2.05) is 0 Å². The van der Waals surface area contributed by atoms with Crippen LogP contribution in [0.5, 0.6) is 0 Å². The van der Waals surface area contributed by atoms with E-state index < -0.39 is 0 Å². The number of amides is 1. The SMILES string of the molecule is CCN1CCN(C(CN)CC(N)=O)CC1. The Labute approximate surface area is 91.4 Å². The number of carbonyl (C=O) groups excluding carboxylic acids is 1. The van der Waals surface area contributed by atoms with Gasteiger partial charge in [0, 0.05) is 45.2 Å². The molecule has 5 heteroatoms. The Kier molecular flexibility index (Phi) is 5.01. The average Bonchev–Trinajstić information content (AvgIpc) is 2.26. The molecule has 0 aliphatic carbocycles. The molecule has 1 heterocycles. The lowest BCUT2D eigenvalue weighted by atomic mass is 10.1. The Hall–Kier alpha value is -0.650. The van der Waals surface area contributed by atoms with Gasteiger partial charge in [-0.05, 0) is 6.54 Å². The van der Waals surface area contributed by atoms with Crippen LogP contribution in [-0.2, 0) is 4.79 Å². The normalized spacial score (nSPS) is 21.5. The molecule has 15 heavy (non-hydrogen) atoms. The molecule has 1 amide bonds. The zero-order valence-corrected chi connectivity index (χ0v) is 9.48. The zero-order valence-electron chi connectivity index (χ0n) is 9.48. The van der Waals surface area contributed by atoms with Crippen LogP contribution in [0.3, 0.4) is 0 Å². The largest absolute Gasteiger partial charge is 0.370 e. The molecule has 1 rings (SSSR count). The van der Waals surface area contributed by atoms with Crippen LogP contribution in [0.2, 0.25) is 0 Å². The van der Waals surface area contributed by atoms with E-state index in [2.05, 4.69) is 16.7 Å². The third-order valence-electron chi connectivity index (χ3n) is 3.08. The molecule has 0 bridgehead atoms. The predicted octanol–water partition coefficient (Wildman–Crippen LogP) is -1.17. The maximum absolute atomic E-state index is 10.9. The molecular weight excluding hydrogens is 192 g/mol. The molecule has 0 aromatic rings. The molecule has 1 atom stereocenters. The maximum atomic E-state index is 10.9. The van der Waals surface area contributed by atoms with Crippen LogP contribution in [-0.4, -0.2) is 61.0 Å². The summed E-state index contributed by atoms with van der Waals surface area (Å²) < 4.78 is 0. The highest BCUT2D eigenvalue weighted by atomic mass is 16.1. The molecule has 0 aromatic carbocycles. The second kappa shape index (κ2) is 6.05. The van der Waals surface area contributed by atoms with Gasteiger partial charge in [-0.15, -0.1) is 0 Å². The first kappa shape index (κ1) is 12.4. The number of hydrogen-bond donors (Lipinski definition) is 2. The predicted molar refractivity (Wildman–Crippen MR) is 60.3 cm³/mol. The number of carbonyl (C=O) groups is 1. The van der Waals surface area contributed by atoms with Crippen molar-refractivity contribution in [3.63, 3.8) is 0 Å². The molecule has 0 spiro atoms. The zero-order chi connectivity index (χ0) is 11.3. The lowest BCUT2D eigenvalue weighted by Gasteiger charge is -2.38. The Morgan fingerprint density at radius 1 is 1.33 bits per heavy atom. The van der Waals surface area contributed by atoms with Crippen LogP contribution >= 0.6 is 0 Å². The molecule has 1 unspecified atom stereocenters. The molecule has 1 aliphatic rings. The summed E-state index contributed by atoms with van der Waals surface area (Å²) in [5, 5.41) is 0. The van der Waals surface area contributed by atoms with Gasteiger partial charge in [0.1, 0.15) is 0 Å². The first-order valence-corrected chi connectivity index (χ1v) is 5.62. The Morgan fingerprint density at radius 3 is 2.33 bits per heavy atom. The molecule has 88 valence electrons. The second-order valence-electron chi connectivity index (χ2n) is 4.03. The molecule has 0 radical (unpaired) electrons. The molecule has 4 N–H and O–H groups in total. The highest BCUT2D eigenvalue weighted by molar-refractivity contribution is 5.74. The van der Waals surface area contributed by atoms with Gasteiger partial charge in [-0.2, -0.15) is 0 Å². The minimum Gasteiger partial charge on any atom is -0.370 e. The summed E-state index contributed by atoms with van der Waals surface area (Å²) in [6, 6.07) is 0.126. The fraction of sp³-hybridized carbons (Fsp3) is 0.900.